The zero-order valence-electron chi connectivity index (χ0n) is 18.6. The van der Waals surface area contributed by atoms with Crippen molar-refractivity contribution in [2.24, 2.45) is 5.14 Å². The molecule has 0 bridgehead atoms. The minimum atomic E-state index is -3.80. The van der Waals surface area contributed by atoms with Crippen LogP contribution in [0.2, 0.25) is 5.02 Å². The summed E-state index contributed by atoms with van der Waals surface area (Å²) in [4.78, 5) is 23.3. The summed E-state index contributed by atoms with van der Waals surface area (Å²) in [7, 11) is -3.80. The number of aromatic amines is 1. The summed E-state index contributed by atoms with van der Waals surface area (Å²) in [5.74, 6) is 0.435. The summed E-state index contributed by atoms with van der Waals surface area (Å²) in [6.45, 7) is 5.31. The predicted octanol–water partition coefficient (Wildman–Crippen LogP) is 4.09. The van der Waals surface area contributed by atoms with E-state index in [1.165, 1.54) is 19.1 Å². The number of fused-ring (bicyclic) bond motifs is 1. The smallest absolute Gasteiger partial charge is 0.301 e. The third-order valence-corrected chi connectivity index (χ3v) is 6.36. The van der Waals surface area contributed by atoms with Gasteiger partial charge in [-0.2, -0.15) is 4.98 Å². The van der Waals surface area contributed by atoms with Gasteiger partial charge in [0.15, 0.2) is 5.65 Å². The first-order chi connectivity index (χ1) is 15.9. The number of carbonyl (C=O) groups is 1. The highest BCUT2D eigenvalue weighted by molar-refractivity contribution is 7.89. The molecule has 4 aromatic rings. The van der Waals surface area contributed by atoms with Crippen LogP contribution in [-0.4, -0.2) is 29.3 Å². The number of benzene rings is 2. The molecule has 2 heterocycles. The van der Waals surface area contributed by atoms with Gasteiger partial charge < -0.3 is 15.0 Å². The first kappa shape index (κ1) is 23.7. The Morgan fingerprint density at radius 1 is 1.09 bits per heavy atom. The van der Waals surface area contributed by atoms with Gasteiger partial charge in [0.25, 0.3) is 0 Å². The van der Waals surface area contributed by atoms with Crippen LogP contribution in [0.4, 0.5) is 0 Å². The normalized spacial score (nSPS) is 12.0. The van der Waals surface area contributed by atoms with Crippen LogP contribution in [-0.2, 0) is 20.4 Å². The molecule has 176 valence electrons. The molecule has 0 saturated heterocycles. The van der Waals surface area contributed by atoms with Crippen molar-refractivity contribution in [1.82, 2.24) is 20.3 Å². The number of nitrogens with one attached hydrogen (secondary N) is 2. The number of hydrogen-bond donors (Lipinski definition) is 3. The monoisotopic (exact) mass is 499 g/mol. The van der Waals surface area contributed by atoms with Crippen molar-refractivity contribution < 1.29 is 17.9 Å². The summed E-state index contributed by atoms with van der Waals surface area (Å²) in [5.41, 5.74) is 2.42. The number of ether oxygens (including phenoxy) is 1. The van der Waals surface area contributed by atoms with Crippen molar-refractivity contribution in [3.8, 4) is 23.0 Å². The molecule has 0 atom stereocenters. The second kappa shape index (κ2) is 8.71. The Bertz CT molecular complexity index is 1480. The highest BCUT2D eigenvalue weighted by atomic mass is 35.5. The van der Waals surface area contributed by atoms with Crippen molar-refractivity contribution in [1.29, 1.82) is 0 Å². The SMILES string of the molecule is CC(=O)NC(C)(C)c1ccc(Oc2nc3nc(-c4ccc(S(N)(=O)=O)cc4)c(Cl)cc3[nH]2)cc1. The van der Waals surface area contributed by atoms with Crippen LogP contribution >= 0.6 is 11.6 Å². The van der Waals surface area contributed by atoms with Gasteiger partial charge in [0.2, 0.25) is 15.9 Å². The Hall–Kier alpha value is -3.47. The van der Waals surface area contributed by atoms with Crippen molar-refractivity contribution >= 4 is 38.7 Å². The zero-order valence-corrected chi connectivity index (χ0v) is 20.2. The van der Waals surface area contributed by atoms with E-state index in [0.29, 0.717) is 33.2 Å². The molecule has 0 fully saturated rings. The van der Waals surface area contributed by atoms with Crippen LogP contribution < -0.4 is 15.2 Å². The van der Waals surface area contributed by atoms with E-state index in [0.717, 1.165) is 5.56 Å². The van der Waals surface area contributed by atoms with Gasteiger partial charge in [0.05, 0.1) is 26.7 Å². The Kier molecular flexibility index (Phi) is 6.07. The number of aromatic nitrogens is 3. The van der Waals surface area contributed by atoms with E-state index in [2.05, 4.69) is 20.3 Å². The summed E-state index contributed by atoms with van der Waals surface area (Å²) in [5, 5.41) is 8.41. The van der Waals surface area contributed by atoms with Gasteiger partial charge in [0, 0.05) is 12.5 Å². The summed E-state index contributed by atoms with van der Waals surface area (Å²) < 4.78 is 28.8. The average molecular weight is 500 g/mol. The van der Waals surface area contributed by atoms with Crippen LogP contribution in [0.15, 0.2) is 59.5 Å². The number of rotatable bonds is 6. The standard InChI is InChI=1S/C23H22ClN5O4S/c1-13(30)29-23(2,3)15-6-8-16(9-7-15)33-22-26-19-12-18(24)20(27-21(19)28-22)14-4-10-17(11-5-14)34(25,31)32/h4-12H,1-3H3,(H,29,30)(H2,25,31,32)(H,26,27,28). The molecular weight excluding hydrogens is 478 g/mol. The second-order valence-corrected chi connectivity index (χ2v) is 10.2. The molecule has 0 saturated carbocycles. The maximum absolute atomic E-state index is 11.5. The molecule has 4 N–H and O–H groups in total. The van der Waals surface area contributed by atoms with Crippen molar-refractivity contribution in [3.63, 3.8) is 0 Å². The van der Waals surface area contributed by atoms with Gasteiger partial charge in [0.1, 0.15) is 5.75 Å². The maximum Gasteiger partial charge on any atom is 0.301 e. The first-order valence-electron chi connectivity index (χ1n) is 10.2. The average Bonchev–Trinajstić information content (AvgIpc) is 3.13. The number of imidazole rings is 1. The maximum atomic E-state index is 11.5. The molecule has 4 rings (SSSR count). The number of H-pyrrole nitrogens is 1. The lowest BCUT2D eigenvalue weighted by molar-refractivity contribution is -0.120. The van der Waals surface area contributed by atoms with Crippen LogP contribution in [0.5, 0.6) is 11.8 Å². The number of nitrogens with two attached hydrogens (primary N) is 1. The fourth-order valence-corrected chi connectivity index (χ4v) is 4.29. The van der Waals surface area contributed by atoms with E-state index < -0.39 is 15.6 Å². The molecule has 0 aliphatic carbocycles. The van der Waals surface area contributed by atoms with Crippen LogP contribution in [0.1, 0.15) is 26.3 Å². The predicted molar refractivity (Wildman–Crippen MR) is 129 cm³/mol. The van der Waals surface area contributed by atoms with Crippen molar-refractivity contribution in [3.05, 3.63) is 65.2 Å². The molecule has 0 aliphatic rings. The molecule has 11 heteroatoms. The fraction of sp³-hybridized carbons (Fsp3) is 0.174. The van der Waals surface area contributed by atoms with E-state index in [1.54, 1.807) is 30.3 Å². The minimum Gasteiger partial charge on any atom is -0.426 e. The number of nitrogens with zero attached hydrogens (tertiary/aromatic N) is 2. The van der Waals surface area contributed by atoms with Gasteiger partial charge in [-0.25, -0.2) is 18.5 Å². The third-order valence-electron chi connectivity index (χ3n) is 5.14. The number of hydrogen-bond acceptors (Lipinski definition) is 6. The Morgan fingerprint density at radius 2 is 1.74 bits per heavy atom. The van der Waals surface area contributed by atoms with E-state index >= 15 is 0 Å². The summed E-state index contributed by atoms with van der Waals surface area (Å²) in [6, 6.07) is 15.1. The molecule has 0 unspecified atom stereocenters. The number of primary sulfonamides is 1. The third kappa shape index (κ3) is 5.04. The lowest BCUT2D eigenvalue weighted by atomic mass is 9.94. The van der Waals surface area contributed by atoms with Crippen molar-refractivity contribution in [2.75, 3.05) is 0 Å². The Morgan fingerprint density at radius 3 is 2.32 bits per heavy atom. The molecule has 0 aliphatic heterocycles. The molecule has 2 aromatic carbocycles. The van der Waals surface area contributed by atoms with Crippen molar-refractivity contribution in [2.45, 2.75) is 31.2 Å². The topological polar surface area (TPSA) is 140 Å². The van der Waals surface area contributed by atoms with Gasteiger partial charge in [-0.3, -0.25) is 4.79 Å². The summed E-state index contributed by atoms with van der Waals surface area (Å²) >= 11 is 6.41. The Labute approximate surface area is 201 Å². The van der Waals surface area contributed by atoms with E-state index in [4.69, 9.17) is 21.5 Å². The molecule has 34 heavy (non-hydrogen) atoms. The largest absolute Gasteiger partial charge is 0.426 e. The van der Waals surface area contributed by atoms with Gasteiger partial charge >= 0.3 is 6.01 Å². The van der Waals surface area contributed by atoms with E-state index in [1.807, 2.05) is 26.0 Å². The van der Waals surface area contributed by atoms with Gasteiger partial charge in [-0.15, -0.1) is 0 Å². The van der Waals surface area contributed by atoms with Gasteiger partial charge in [-0.1, -0.05) is 35.9 Å². The van der Waals surface area contributed by atoms with Crippen LogP contribution in [0, 0.1) is 0 Å². The van der Waals surface area contributed by atoms with Gasteiger partial charge in [-0.05, 0) is 49.7 Å². The molecule has 0 spiro atoms. The molecule has 2 aromatic heterocycles. The number of halogens is 1. The fourth-order valence-electron chi connectivity index (χ4n) is 3.51. The quantitative estimate of drug-likeness (QED) is 0.365. The molecule has 9 nitrogen and oxygen atoms in total. The minimum absolute atomic E-state index is 0.00427. The number of amides is 1. The lowest BCUT2D eigenvalue weighted by Crippen LogP contribution is -2.39. The van der Waals surface area contributed by atoms with Crippen LogP contribution in [0.3, 0.4) is 0 Å². The molecular formula is C23H22ClN5O4S. The zero-order chi connectivity index (χ0) is 24.7. The number of sulfonamides is 1. The molecule has 0 radical (unpaired) electrons. The highest BCUT2D eigenvalue weighted by Crippen LogP contribution is 2.31. The van der Waals surface area contributed by atoms with Crippen LogP contribution in [0.25, 0.3) is 22.4 Å². The summed E-state index contributed by atoms with van der Waals surface area (Å²) in [6.07, 6.45) is 0. The Balaban J connectivity index is 1.58. The van der Waals surface area contributed by atoms with E-state index in [9.17, 15) is 13.2 Å². The van der Waals surface area contributed by atoms with E-state index in [-0.39, 0.29) is 16.8 Å². The second-order valence-electron chi connectivity index (χ2n) is 8.23. The number of pyridine rings is 1. The highest BCUT2D eigenvalue weighted by Gasteiger charge is 2.21. The molecule has 1 amide bonds. The first-order valence-corrected chi connectivity index (χ1v) is 12.1. The lowest BCUT2D eigenvalue weighted by Gasteiger charge is -2.26. The number of carbonyl (C=O) groups excluding carboxylic acids is 1.